The minimum absolute atomic E-state index is 0.0238. The molecule has 2 rings (SSSR count). The van der Waals surface area contributed by atoms with Crippen LogP contribution in [0, 0.1) is 0 Å². The summed E-state index contributed by atoms with van der Waals surface area (Å²) in [6.45, 7) is 8.10. The van der Waals surface area contributed by atoms with Crippen molar-refractivity contribution in [1.29, 1.82) is 0 Å². The van der Waals surface area contributed by atoms with Crippen LogP contribution >= 0.6 is 0 Å². The second-order valence-corrected chi connectivity index (χ2v) is 4.90. The minimum atomic E-state index is 0.0238. The average Bonchev–Trinajstić information content (AvgIpc) is 2.69. The van der Waals surface area contributed by atoms with Crippen molar-refractivity contribution in [1.82, 2.24) is 0 Å². The van der Waals surface area contributed by atoms with E-state index in [1.807, 2.05) is 51.1 Å². The van der Waals surface area contributed by atoms with Gasteiger partial charge in [0.25, 0.3) is 0 Å². The van der Waals surface area contributed by atoms with Crippen LogP contribution in [0.4, 0.5) is 5.69 Å². The van der Waals surface area contributed by atoms with Crippen molar-refractivity contribution in [2.45, 2.75) is 39.7 Å². The summed E-state index contributed by atoms with van der Waals surface area (Å²) in [5.74, 6) is 0.0521. The fraction of sp³-hybridized carbons (Fsp3) is 0.412. The van der Waals surface area contributed by atoms with E-state index < -0.39 is 0 Å². The van der Waals surface area contributed by atoms with Crippen molar-refractivity contribution >= 4 is 11.3 Å². The Morgan fingerprint density at radius 1 is 1.35 bits per heavy atom. The maximum absolute atomic E-state index is 9.55. The molecule has 0 fully saturated rings. The first kappa shape index (κ1) is 16.5. The Morgan fingerprint density at radius 3 is 2.55 bits per heavy atom. The first-order chi connectivity index (χ1) is 9.54. The monoisotopic (exact) mass is 274 g/mol. The highest BCUT2D eigenvalue weighted by atomic mass is 16.3. The predicted octanol–water partition coefficient (Wildman–Crippen LogP) is 3.06. The predicted molar refractivity (Wildman–Crippen MR) is 87.4 cm³/mol. The summed E-state index contributed by atoms with van der Waals surface area (Å²) < 4.78 is 0. The number of hydrogen-bond donors (Lipinski definition) is 3. The number of aliphatic hydroxyl groups excluding tert-OH is 1. The van der Waals surface area contributed by atoms with Crippen LogP contribution in [0.5, 0.6) is 0 Å². The van der Waals surface area contributed by atoms with Crippen LogP contribution in [0.25, 0.3) is 5.57 Å². The lowest BCUT2D eigenvalue weighted by Crippen LogP contribution is -2.10. The Kier molecular flexibility index (Phi) is 5.99. The van der Waals surface area contributed by atoms with E-state index in [0.717, 1.165) is 22.4 Å². The van der Waals surface area contributed by atoms with Gasteiger partial charge in [-0.05, 0) is 42.7 Å². The number of hydrogen-bond acceptors (Lipinski definition) is 3. The smallest absolute Gasteiger partial charge is 0.0537 e. The lowest BCUT2D eigenvalue weighted by atomic mass is 9.97. The van der Waals surface area contributed by atoms with E-state index in [-0.39, 0.29) is 18.6 Å². The van der Waals surface area contributed by atoms with Crippen molar-refractivity contribution in [2.75, 3.05) is 12.3 Å². The Bertz CT molecular complexity index is 516. The van der Waals surface area contributed by atoms with Crippen LogP contribution < -0.4 is 11.5 Å². The molecule has 1 aliphatic carbocycles. The largest absolute Gasteiger partial charge is 0.399 e. The highest BCUT2D eigenvalue weighted by molar-refractivity contribution is 5.85. The molecule has 0 aliphatic heterocycles. The number of aliphatic hydroxyl groups is 1. The van der Waals surface area contributed by atoms with Gasteiger partial charge in [0.05, 0.1) is 6.61 Å². The van der Waals surface area contributed by atoms with E-state index in [1.165, 1.54) is 5.57 Å². The van der Waals surface area contributed by atoms with Crippen LogP contribution in [-0.4, -0.2) is 17.8 Å². The third-order valence-electron chi connectivity index (χ3n) is 3.44. The highest BCUT2D eigenvalue weighted by Crippen LogP contribution is 2.42. The SMILES string of the molecule is CC.CC1=C(/C=C\C(C)N)c2ccc(N)cc2C1CO. The molecule has 0 radical (unpaired) electrons. The number of nitrogens with two attached hydrogens (primary N) is 2. The lowest BCUT2D eigenvalue weighted by Gasteiger charge is -2.10. The molecule has 1 aromatic rings. The van der Waals surface area contributed by atoms with Gasteiger partial charge in [-0.3, -0.25) is 0 Å². The van der Waals surface area contributed by atoms with Crippen LogP contribution in [0.3, 0.4) is 0 Å². The van der Waals surface area contributed by atoms with Gasteiger partial charge in [-0.1, -0.05) is 37.6 Å². The summed E-state index contributed by atoms with van der Waals surface area (Å²) in [6, 6.07) is 5.89. The molecule has 5 N–H and O–H groups in total. The normalized spacial score (nSPS) is 18.8. The molecule has 110 valence electrons. The minimum Gasteiger partial charge on any atom is -0.399 e. The van der Waals surface area contributed by atoms with Gasteiger partial charge in [0.1, 0.15) is 0 Å². The van der Waals surface area contributed by atoms with Gasteiger partial charge in [-0.25, -0.2) is 0 Å². The molecule has 0 spiro atoms. The fourth-order valence-corrected chi connectivity index (χ4v) is 2.45. The van der Waals surface area contributed by atoms with Crippen molar-refractivity contribution in [3.8, 4) is 0 Å². The number of nitrogen functional groups attached to an aromatic ring is 1. The van der Waals surface area contributed by atoms with Gasteiger partial charge in [0, 0.05) is 17.6 Å². The third kappa shape index (κ3) is 3.30. The molecule has 3 heteroatoms. The Balaban J connectivity index is 0.000000956. The average molecular weight is 274 g/mol. The second-order valence-electron chi connectivity index (χ2n) is 4.90. The van der Waals surface area contributed by atoms with E-state index in [0.29, 0.717) is 0 Å². The Morgan fingerprint density at radius 2 is 2.00 bits per heavy atom. The van der Waals surface area contributed by atoms with Gasteiger partial charge >= 0.3 is 0 Å². The standard InChI is InChI=1S/C15H20N2O.C2H6/c1-9(16)3-5-12-10(2)15(8-18)14-7-11(17)4-6-13(12)14;1-2/h3-7,9,15,18H,8,16-17H2,1-2H3;1-2H3/b5-3-;. The lowest BCUT2D eigenvalue weighted by molar-refractivity contribution is 0.280. The molecule has 3 nitrogen and oxygen atoms in total. The molecule has 0 heterocycles. The topological polar surface area (TPSA) is 72.3 Å². The zero-order valence-electron chi connectivity index (χ0n) is 12.9. The van der Waals surface area contributed by atoms with Gasteiger partial charge in [-0.2, -0.15) is 0 Å². The Labute approximate surface area is 122 Å². The molecule has 0 saturated heterocycles. The fourth-order valence-electron chi connectivity index (χ4n) is 2.45. The second kappa shape index (κ2) is 7.27. The molecule has 20 heavy (non-hydrogen) atoms. The maximum Gasteiger partial charge on any atom is 0.0537 e. The van der Waals surface area contributed by atoms with Crippen LogP contribution in [0.2, 0.25) is 0 Å². The summed E-state index contributed by atoms with van der Waals surface area (Å²) in [5, 5.41) is 9.55. The van der Waals surface area contributed by atoms with Gasteiger partial charge in [0.2, 0.25) is 0 Å². The number of anilines is 1. The quantitative estimate of drug-likeness (QED) is 0.742. The van der Waals surface area contributed by atoms with Gasteiger partial charge in [0.15, 0.2) is 0 Å². The molecular formula is C17H26N2O. The zero-order chi connectivity index (χ0) is 15.3. The number of benzene rings is 1. The van der Waals surface area contributed by atoms with Crippen LogP contribution in [-0.2, 0) is 0 Å². The van der Waals surface area contributed by atoms with Gasteiger partial charge in [-0.15, -0.1) is 0 Å². The molecule has 0 bridgehead atoms. The Hall–Kier alpha value is -1.58. The number of allylic oxidation sites excluding steroid dienone is 2. The van der Waals surface area contributed by atoms with E-state index in [1.54, 1.807) is 0 Å². The summed E-state index contributed by atoms with van der Waals surface area (Å²) in [4.78, 5) is 0. The maximum atomic E-state index is 9.55. The molecule has 0 saturated carbocycles. The van der Waals surface area contributed by atoms with Crippen LogP contribution in [0.1, 0.15) is 44.7 Å². The third-order valence-corrected chi connectivity index (χ3v) is 3.44. The zero-order valence-corrected chi connectivity index (χ0v) is 12.9. The first-order valence-corrected chi connectivity index (χ1v) is 7.19. The van der Waals surface area contributed by atoms with Crippen molar-refractivity contribution in [2.24, 2.45) is 5.73 Å². The van der Waals surface area contributed by atoms with Crippen molar-refractivity contribution in [3.05, 3.63) is 47.1 Å². The summed E-state index contributed by atoms with van der Waals surface area (Å²) in [7, 11) is 0. The summed E-state index contributed by atoms with van der Waals surface area (Å²) in [5.41, 5.74) is 16.9. The van der Waals surface area contributed by atoms with Crippen LogP contribution in [0.15, 0.2) is 35.9 Å². The van der Waals surface area contributed by atoms with Crippen molar-refractivity contribution < 1.29 is 5.11 Å². The molecule has 1 aliphatic rings. The summed E-state index contributed by atoms with van der Waals surface area (Å²) >= 11 is 0. The summed E-state index contributed by atoms with van der Waals surface area (Å²) in [6.07, 6.45) is 4.02. The van der Waals surface area contributed by atoms with Gasteiger partial charge < -0.3 is 16.6 Å². The van der Waals surface area contributed by atoms with Crippen molar-refractivity contribution in [3.63, 3.8) is 0 Å². The van der Waals surface area contributed by atoms with E-state index in [4.69, 9.17) is 11.5 Å². The first-order valence-electron chi connectivity index (χ1n) is 7.19. The molecule has 2 unspecified atom stereocenters. The molecular weight excluding hydrogens is 248 g/mol. The molecule has 0 aromatic heterocycles. The number of rotatable bonds is 3. The highest BCUT2D eigenvalue weighted by Gasteiger charge is 2.26. The van der Waals surface area contributed by atoms with E-state index in [9.17, 15) is 5.11 Å². The molecule has 2 atom stereocenters. The number of fused-ring (bicyclic) bond motifs is 1. The molecule has 1 aromatic carbocycles. The van der Waals surface area contributed by atoms with E-state index in [2.05, 4.69) is 6.92 Å². The van der Waals surface area contributed by atoms with E-state index >= 15 is 0 Å². The molecule has 0 amide bonds.